The molecule has 5 nitrogen and oxygen atoms in total. The van der Waals surface area contributed by atoms with E-state index in [2.05, 4.69) is 14.7 Å². The van der Waals surface area contributed by atoms with Crippen LogP contribution in [-0.2, 0) is 0 Å². The van der Waals surface area contributed by atoms with E-state index in [9.17, 15) is 4.79 Å². The van der Waals surface area contributed by atoms with E-state index in [1.165, 1.54) is 0 Å². The maximum Gasteiger partial charge on any atom is 0.410 e. The lowest BCUT2D eigenvalue weighted by molar-refractivity contribution is 0.212. The van der Waals surface area contributed by atoms with Crippen LogP contribution in [0.4, 0.5) is 4.79 Å². The Hall–Kier alpha value is -1.66. The highest BCUT2D eigenvalue weighted by atomic mass is 35.5. The van der Waals surface area contributed by atoms with Gasteiger partial charge in [-0.2, -0.15) is 0 Å². The number of hydrogen-bond donors (Lipinski definition) is 1. The van der Waals surface area contributed by atoms with Gasteiger partial charge in [0.2, 0.25) is 5.06 Å². The van der Waals surface area contributed by atoms with Crippen molar-refractivity contribution in [1.82, 2.24) is 9.97 Å². The van der Waals surface area contributed by atoms with Gasteiger partial charge in [0.25, 0.3) is 0 Å². The molecule has 0 aliphatic carbocycles. The maximum absolute atomic E-state index is 10.6. The largest absolute Gasteiger partial charge is 0.410 e. The first-order valence-electron chi connectivity index (χ1n) is 4.21. The van der Waals surface area contributed by atoms with Crippen molar-refractivity contribution >= 4 is 29.0 Å². The van der Waals surface area contributed by atoms with Crippen LogP contribution in [0.5, 0.6) is 5.06 Å². The SMILES string of the molecule is NC(=O)Oc1sc(-c2cccnc2)nc1Cl. The number of aromatic nitrogens is 2. The molecule has 0 aromatic carbocycles. The molecule has 0 bridgehead atoms. The minimum Gasteiger partial charge on any atom is -0.396 e. The van der Waals surface area contributed by atoms with Crippen LogP contribution in [0.1, 0.15) is 0 Å². The number of amides is 1. The maximum atomic E-state index is 10.6. The van der Waals surface area contributed by atoms with E-state index < -0.39 is 6.09 Å². The quantitative estimate of drug-likeness (QED) is 0.893. The second-order valence-electron chi connectivity index (χ2n) is 2.76. The van der Waals surface area contributed by atoms with Crippen LogP contribution < -0.4 is 10.5 Å². The van der Waals surface area contributed by atoms with Crippen LogP contribution >= 0.6 is 22.9 Å². The number of carbonyl (C=O) groups excluding carboxylic acids is 1. The van der Waals surface area contributed by atoms with Gasteiger partial charge in [0.05, 0.1) is 0 Å². The molecule has 0 spiro atoms. The lowest BCUT2D eigenvalue weighted by Crippen LogP contribution is -2.15. The number of ether oxygens (including phenoxy) is 1. The van der Waals surface area contributed by atoms with E-state index in [1.807, 2.05) is 6.07 Å². The molecule has 0 saturated heterocycles. The molecule has 2 N–H and O–H groups in total. The van der Waals surface area contributed by atoms with Gasteiger partial charge in [0.1, 0.15) is 5.01 Å². The Morgan fingerprint density at radius 2 is 2.38 bits per heavy atom. The first-order valence-corrected chi connectivity index (χ1v) is 5.40. The van der Waals surface area contributed by atoms with E-state index >= 15 is 0 Å². The number of thiazole rings is 1. The second-order valence-corrected chi connectivity index (χ2v) is 4.08. The molecule has 0 aliphatic heterocycles. The van der Waals surface area contributed by atoms with Gasteiger partial charge in [0, 0.05) is 18.0 Å². The summed E-state index contributed by atoms with van der Waals surface area (Å²) in [6.07, 6.45) is 2.38. The van der Waals surface area contributed by atoms with E-state index in [-0.39, 0.29) is 10.2 Å². The highest BCUT2D eigenvalue weighted by molar-refractivity contribution is 7.17. The Labute approximate surface area is 99.9 Å². The standard InChI is InChI=1S/C9H6ClN3O2S/c10-6-8(15-9(11)14)16-7(13-6)5-2-1-3-12-4-5/h1-4H,(H2,11,14). The Bertz CT molecular complexity index is 515. The van der Waals surface area contributed by atoms with Crippen molar-refractivity contribution in [3.8, 4) is 15.6 Å². The summed E-state index contributed by atoms with van der Waals surface area (Å²) in [5, 5.41) is 0.921. The van der Waals surface area contributed by atoms with Crippen molar-refractivity contribution in [2.75, 3.05) is 0 Å². The van der Waals surface area contributed by atoms with Crippen LogP contribution in [0.3, 0.4) is 0 Å². The zero-order valence-corrected chi connectivity index (χ0v) is 9.46. The smallest absolute Gasteiger partial charge is 0.396 e. The number of nitrogens with two attached hydrogens (primary N) is 1. The molecule has 0 radical (unpaired) electrons. The molecule has 2 aromatic rings. The summed E-state index contributed by atoms with van der Waals surface area (Å²) in [7, 11) is 0. The monoisotopic (exact) mass is 255 g/mol. The van der Waals surface area contributed by atoms with Gasteiger partial charge in [-0.1, -0.05) is 22.9 Å². The van der Waals surface area contributed by atoms with E-state index in [0.29, 0.717) is 5.01 Å². The van der Waals surface area contributed by atoms with Gasteiger partial charge >= 0.3 is 6.09 Å². The Kier molecular flexibility index (Phi) is 3.02. The zero-order chi connectivity index (χ0) is 11.5. The number of rotatable bonds is 2. The van der Waals surface area contributed by atoms with Gasteiger partial charge in [-0.15, -0.1) is 0 Å². The van der Waals surface area contributed by atoms with Crippen LogP contribution in [0.25, 0.3) is 10.6 Å². The third-order valence-electron chi connectivity index (χ3n) is 1.66. The topological polar surface area (TPSA) is 78.1 Å². The molecule has 82 valence electrons. The fourth-order valence-corrected chi connectivity index (χ4v) is 2.15. The summed E-state index contributed by atoms with van der Waals surface area (Å²) in [5.74, 6) is 0. The summed E-state index contributed by atoms with van der Waals surface area (Å²) in [6, 6.07) is 3.61. The Balaban J connectivity index is 2.34. The van der Waals surface area contributed by atoms with Gasteiger partial charge in [-0.3, -0.25) is 4.98 Å². The fourth-order valence-electron chi connectivity index (χ4n) is 1.05. The number of nitrogens with zero attached hydrogens (tertiary/aromatic N) is 2. The minimum absolute atomic E-state index is 0.114. The molecule has 2 rings (SSSR count). The van der Waals surface area contributed by atoms with E-state index in [0.717, 1.165) is 16.9 Å². The number of carbonyl (C=O) groups is 1. The van der Waals surface area contributed by atoms with Crippen molar-refractivity contribution in [1.29, 1.82) is 0 Å². The normalized spacial score (nSPS) is 10.1. The van der Waals surface area contributed by atoms with Crippen molar-refractivity contribution in [2.24, 2.45) is 5.73 Å². The summed E-state index contributed by atoms with van der Waals surface area (Å²) < 4.78 is 4.69. The summed E-state index contributed by atoms with van der Waals surface area (Å²) in [4.78, 5) is 18.6. The highest BCUT2D eigenvalue weighted by Crippen LogP contribution is 2.36. The predicted octanol–water partition coefficient (Wildman–Crippen LogP) is 2.32. The first-order chi connectivity index (χ1) is 7.66. The number of hydrogen-bond acceptors (Lipinski definition) is 5. The molecule has 2 heterocycles. The van der Waals surface area contributed by atoms with Gasteiger partial charge in [-0.05, 0) is 12.1 Å². The Morgan fingerprint density at radius 3 is 3.00 bits per heavy atom. The van der Waals surface area contributed by atoms with E-state index in [1.54, 1.807) is 18.5 Å². The van der Waals surface area contributed by atoms with Crippen molar-refractivity contribution in [2.45, 2.75) is 0 Å². The number of halogens is 1. The summed E-state index contributed by atoms with van der Waals surface area (Å²) in [6.45, 7) is 0. The first kappa shape index (κ1) is 10.8. The second kappa shape index (κ2) is 4.46. The summed E-state index contributed by atoms with van der Waals surface area (Å²) in [5.41, 5.74) is 5.69. The number of pyridine rings is 1. The number of primary amides is 1. The van der Waals surface area contributed by atoms with Crippen LogP contribution in [0.15, 0.2) is 24.5 Å². The average Bonchev–Trinajstić information content (AvgIpc) is 2.61. The molecular formula is C9H6ClN3O2S. The Morgan fingerprint density at radius 1 is 1.56 bits per heavy atom. The van der Waals surface area contributed by atoms with Crippen molar-refractivity contribution < 1.29 is 9.53 Å². The van der Waals surface area contributed by atoms with Crippen LogP contribution in [0, 0.1) is 0 Å². The van der Waals surface area contributed by atoms with E-state index in [4.69, 9.17) is 17.3 Å². The molecule has 0 unspecified atom stereocenters. The van der Waals surface area contributed by atoms with Crippen LogP contribution in [-0.4, -0.2) is 16.1 Å². The molecular weight excluding hydrogens is 250 g/mol. The fraction of sp³-hybridized carbons (Fsp3) is 0. The van der Waals surface area contributed by atoms with Crippen molar-refractivity contribution in [3.63, 3.8) is 0 Å². The average molecular weight is 256 g/mol. The van der Waals surface area contributed by atoms with Crippen molar-refractivity contribution in [3.05, 3.63) is 29.7 Å². The van der Waals surface area contributed by atoms with Crippen LogP contribution in [0.2, 0.25) is 5.15 Å². The molecule has 0 aliphatic rings. The van der Waals surface area contributed by atoms with Gasteiger partial charge in [0.15, 0.2) is 5.15 Å². The predicted molar refractivity (Wildman–Crippen MR) is 60.6 cm³/mol. The van der Waals surface area contributed by atoms with Gasteiger partial charge in [-0.25, -0.2) is 9.78 Å². The molecule has 16 heavy (non-hydrogen) atoms. The molecule has 7 heteroatoms. The molecule has 0 atom stereocenters. The molecule has 2 aromatic heterocycles. The molecule has 1 amide bonds. The molecule has 0 fully saturated rings. The lowest BCUT2D eigenvalue weighted by atomic mass is 10.3. The summed E-state index contributed by atoms with van der Waals surface area (Å²) >= 11 is 6.92. The third kappa shape index (κ3) is 2.29. The lowest BCUT2D eigenvalue weighted by Gasteiger charge is -1.94. The molecule has 0 saturated carbocycles. The zero-order valence-electron chi connectivity index (χ0n) is 7.88. The van der Waals surface area contributed by atoms with Gasteiger partial charge < -0.3 is 10.5 Å². The highest BCUT2D eigenvalue weighted by Gasteiger charge is 2.13. The minimum atomic E-state index is -0.914. The third-order valence-corrected chi connectivity index (χ3v) is 3.01.